The summed E-state index contributed by atoms with van der Waals surface area (Å²) in [6.45, 7) is 1.96. The Bertz CT molecular complexity index is 735. The Morgan fingerprint density at radius 1 is 1.42 bits per heavy atom. The molecule has 3 saturated carbocycles. The van der Waals surface area contributed by atoms with E-state index in [4.69, 9.17) is 0 Å². The van der Waals surface area contributed by atoms with E-state index in [1.165, 1.54) is 11.8 Å². The molecule has 2 bridgehead atoms. The van der Waals surface area contributed by atoms with Crippen molar-refractivity contribution in [2.75, 3.05) is 6.26 Å². The summed E-state index contributed by atoms with van der Waals surface area (Å²) in [4.78, 5) is 21.3. The van der Waals surface area contributed by atoms with Crippen LogP contribution in [0.4, 0.5) is 0 Å². The highest BCUT2D eigenvalue weighted by atomic mass is 32.2. The fraction of sp³-hybridized carbons (Fsp3) is 0.500. The van der Waals surface area contributed by atoms with Crippen LogP contribution < -0.4 is 5.56 Å². The van der Waals surface area contributed by atoms with Crippen LogP contribution in [0.3, 0.4) is 0 Å². The van der Waals surface area contributed by atoms with Crippen molar-refractivity contribution in [3.63, 3.8) is 0 Å². The van der Waals surface area contributed by atoms with Crippen molar-refractivity contribution in [1.29, 1.82) is 0 Å². The molecule has 0 N–H and O–H groups in total. The lowest BCUT2D eigenvalue weighted by Crippen LogP contribution is -2.62. The zero-order valence-corrected chi connectivity index (χ0v) is 11.8. The zero-order chi connectivity index (χ0) is 13.2. The summed E-state index contributed by atoms with van der Waals surface area (Å²) in [5.41, 5.74) is 1.95. The van der Waals surface area contributed by atoms with E-state index < -0.39 is 0 Å². The van der Waals surface area contributed by atoms with E-state index >= 15 is 0 Å². The van der Waals surface area contributed by atoms with Gasteiger partial charge in [0.25, 0.3) is 5.56 Å². The van der Waals surface area contributed by atoms with Gasteiger partial charge in [-0.3, -0.25) is 9.36 Å². The molecule has 0 aromatic carbocycles. The van der Waals surface area contributed by atoms with Crippen molar-refractivity contribution in [1.82, 2.24) is 14.5 Å². The molecule has 0 aliphatic heterocycles. The Morgan fingerprint density at radius 3 is 2.74 bits per heavy atom. The van der Waals surface area contributed by atoms with Gasteiger partial charge in [0, 0.05) is 17.6 Å². The molecule has 2 aromatic rings. The van der Waals surface area contributed by atoms with Crippen molar-refractivity contribution in [2.24, 2.45) is 5.92 Å². The molecule has 0 radical (unpaired) electrons. The molecular weight excluding hydrogens is 258 g/mol. The third-order valence-electron chi connectivity index (χ3n) is 4.61. The number of hydrogen-bond acceptors (Lipinski definition) is 4. The van der Waals surface area contributed by atoms with Gasteiger partial charge in [0.15, 0.2) is 5.16 Å². The topological polar surface area (TPSA) is 47.8 Å². The smallest absolute Gasteiger partial charge is 0.252 e. The quantitative estimate of drug-likeness (QED) is 0.622. The van der Waals surface area contributed by atoms with Gasteiger partial charge >= 0.3 is 0 Å². The van der Waals surface area contributed by atoms with Crippen molar-refractivity contribution < 1.29 is 0 Å². The molecule has 3 aliphatic rings. The molecule has 19 heavy (non-hydrogen) atoms. The van der Waals surface area contributed by atoms with Gasteiger partial charge in [-0.1, -0.05) is 11.8 Å². The first-order chi connectivity index (χ1) is 9.13. The highest BCUT2D eigenvalue weighted by Crippen LogP contribution is 2.62. The van der Waals surface area contributed by atoms with E-state index in [-0.39, 0.29) is 11.1 Å². The van der Waals surface area contributed by atoms with Crippen molar-refractivity contribution >= 4 is 22.8 Å². The molecule has 0 amide bonds. The van der Waals surface area contributed by atoms with Crippen molar-refractivity contribution in [3.05, 3.63) is 28.2 Å². The van der Waals surface area contributed by atoms with Gasteiger partial charge < -0.3 is 0 Å². The van der Waals surface area contributed by atoms with E-state index in [1.54, 1.807) is 6.07 Å². The zero-order valence-electron chi connectivity index (χ0n) is 11.0. The molecule has 0 spiro atoms. The fourth-order valence-corrected chi connectivity index (χ4v) is 3.84. The number of hydrogen-bond donors (Lipinski definition) is 0. The van der Waals surface area contributed by atoms with E-state index in [0.717, 1.165) is 46.9 Å². The normalized spacial score (nSPS) is 28.0. The standard InChI is InChI=1S/C14H15N3OS/c1-8-3-11(18)17(14-4-9(5-14)6-14)12-10(8)7-15-13(16-12)19-2/h3,7,9H,4-6H2,1-2H3. The Morgan fingerprint density at radius 2 is 2.16 bits per heavy atom. The summed E-state index contributed by atoms with van der Waals surface area (Å²) >= 11 is 1.52. The SMILES string of the molecule is CSc1ncc2c(C)cc(=O)n(C34CC(C3)C4)c2n1. The molecule has 98 valence electrons. The lowest BCUT2D eigenvalue weighted by atomic mass is 9.49. The van der Waals surface area contributed by atoms with Gasteiger partial charge in [-0.15, -0.1) is 0 Å². The van der Waals surface area contributed by atoms with Crippen LogP contribution in [0.25, 0.3) is 11.0 Å². The Balaban J connectivity index is 2.07. The molecule has 3 fully saturated rings. The van der Waals surface area contributed by atoms with E-state index in [2.05, 4.69) is 9.97 Å². The average molecular weight is 273 g/mol. The predicted octanol–water partition coefficient (Wildman–Crippen LogP) is 2.33. The third kappa shape index (κ3) is 1.39. The number of rotatable bonds is 2. The summed E-state index contributed by atoms with van der Waals surface area (Å²) in [6, 6.07) is 1.73. The largest absolute Gasteiger partial charge is 0.286 e. The van der Waals surface area contributed by atoms with Crippen molar-refractivity contribution in [3.8, 4) is 0 Å². The molecule has 0 saturated heterocycles. The number of nitrogens with zero attached hydrogens (tertiary/aromatic N) is 3. The molecule has 5 heteroatoms. The van der Waals surface area contributed by atoms with Crippen LogP contribution >= 0.6 is 11.8 Å². The highest BCUT2D eigenvalue weighted by molar-refractivity contribution is 7.98. The maximum atomic E-state index is 12.4. The molecule has 4 nitrogen and oxygen atoms in total. The average Bonchev–Trinajstić information content (AvgIpc) is 2.29. The first kappa shape index (κ1) is 11.5. The van der Waals surface area contributed by atoms with Gasteiger partial charge in [-0.05, 0) is 43.9 Å². The second-order valence-corrected chi connectivity index (χ2v) is 6.57. The summed E-state index contributed by atoms with van der Waals surface area (Å²) in [7, 11) is 0. The maximum Gasteiger partial charge on any atom is 0.252 e. The van der Waals surface area contributed by atoms with Crippen LogP contribution in [-0.4, -0.2) is 20.8 Å². The Kier molecular flexibility index (Phi) is 2.17. The molecule has 0 unspecified atom stereocenters. The van der Waals surface area contributed by atoms with Crippen LogP contribution in [-0.2, 0) is 5.54 Å². The predicted molar refractivity (Wildman–Crippen MR) is 75.6 cm³/mol. The minimum Gasteiger partial charge on any atom is -0.286 e. The van der Waals surface area contributed by atoms with Crippen molar-refractivity contribution in [2.45, 2.75) is 36.9 Å². The molecule has 2 aromatic heterocycles. The lowest BCUT2D eigenvalue weighted by Gasteiger charge is -2.62. The molecule has 2 heterocycles. The fourth-order valence-electron chi connectivity index (χ4n) is 3.50. The van der Waals surface area contributed by atoms with Crippen LogP contribution in [0, 0.1) is 12.8 Å². The lowest BCUT2D eigenvalue weighted by molar-refractivity contribution is -0.0884. The number of aromatic nitrogens is 3. The van der Waals surface area contributed by atoms with E-state index in [1.807, 2.05) is 23.9 Å². The summed E-state index contributed by atoms with van der Waals surface area (Å²) in [6.07, 6.45) is 7.24. The minimum atomic E-state index is 0.0672. The van der Waals surface area contributed by atoms with Gasteiger partial charge in [0.05, 0.1) is 5.54 Å². The van der Waals surface area contributed by atoms with Gasteiger partial charge in [0.1, 0.15) is 5.65 Å². The second-order valence-electron chi connectivity index (χ2n) is 5.80. The van der Waals surface area contributed by atoms with Gasteiger partial charge in [-0.25, -0.2) is 9.97 Å². The van der Waals surface area contributed by atoms with Gasteiger partial charge in [0.2, 0.25) is 0 Å². The molecule has 5 rings (SSSR count). The van der Waals surface area contributed by atoms with Crippen LogP contribution in [0.15, 0.2) is 22.2 Å². The summed E-state index contributed by atoms with van der Waals surface area (Å²) < 4.78 is 1.94. The Hall–Kier alpha value is -1.36. The number of pyridine rings is 1. The first-order valence-electron chi connectivity index (χ1n) is 6.57. The maximum absolute atomic E-state index is 12.4. The highest BCUT2D eigenvalue weighted by Gasteiger charge is 2.58. The van der Waals surface area contributed by atoms with Gasteiger partial charge in [-0.2, -0.15) is 0 Å². The first-order valence-corrected chi connectivity index (χ1v) is 7.79. The molecule has 3 aliphatic carbocycles. The minimum absolute atomic E-state index is 0.0672. The number of aryl methyl sites for hydroxylation is 1. The van der Waals surface area contributed by atoms with Crippen LogP contribution in [0.1, 0.15) is 24.8 Å². The second kappa shape index (κ2) is 3.60. The summed E-state index contributed by atoms with van der Waals surface area (Å²) in [5, 5.41) is 1.74. The molecule has 0 atom stereocenters. The number of fused-ring (bicyclic) bond motifs is 1. The third-order valence-corrected chi connectivity index (χ3v) is 5.17. The van der Waals surface area contributed by atoms with E-state index in [9.17, 15) is 4.79 Å². The monoisotopic (exact) mass is 273 g/mol. The van der Waals surface area contributed by atoms with Crippen LogP contribution in [0.5, 0.6) is 0 Å². The van der Waals surface area contributed by atoms with E-state index in [0.29, 0.717) is 0 Å². The molecular formula is C14H15N3OS. The van der Waals surface area contributed by atoms with Crippen LogP contribution in [0.2, 0.25) is 0 Å². The summed E-state index contributed by atoms with van der Waals surface area (Å²) in [5.74, 6) is 0.838. The number of thioether (sulfide) groups is 1. The Labute approximate surface area is 115 Å².